The average Bonchev–Trinajstić information content (AvgIpc) is 2.91. The average molecular weight is 318 g/mol. The van der Waals surface area contributed by atoms with E-state index in [0.29, 0.717) is 12.5 Å². The van der Waals surface area contributed by atoms with Gasteiger partial charge in [0.1, 0.15) is 0 Å². The van der Waals surface area contributed by atoms with E-state index in [-0.39, 0.29) is 11.4 Å². The third-order valence-electron chi connectivity index (χ3n) is 4.32. The number of aliphatic hydroxyl groups is 1. The van der Waals surface area contributed by atoms with Gasteiger partial charge in [-0.2, -0.15) is 0 Å². The minimum absolute atomic E-state index is 0.103. The molecule has 1 aliphatic heterocycles. The molecule has 4 nitrogen and oxygen atoms in total. The van der Waals surface area contributed by atoms with E-state index in [1.165, 1.54) is 0 Å². The van der Waals surface area contributed by atoms with Gasteiger partial charge in [-0.15, -0.1) is 0 Å². The molecule has 0 spiro atoms. The maximum Gasteiger partial charge on any atom is 0.221 e. The molecule has 1 heterocycles. The summed E-state index contributed by atoms with van der Waals surface area (Å²) in [5, 5.41) is 13.4. The van der Waals surface area contributed by atoms with Gasteiger partial charge in [-0.25, -0.2) is 0 Å². The number of hydrogen-bond acceptors (Lipinski definition) is 3. The number of amides is 1. The first-order chi connectivity index (χ1) is 10.8. The Morgan fingerprint density at radius 2 is 2.04 bits per heavy atom. The molecule has 2 N–H and O–H groups in total. The maximum atomic E-state index is 12.0. The standard InChI is InChI=1S/C19H30N2O2/c1-19(2,3)20-18(23)11-13-21-12-7-10-16(21)14-17(22)15-8-5-4-6-9-15/h4-6,8-9,16-17,22H,7,10-14H2,1-3H3,(H,20,23)/t16-,17+/m0/s1. The van der Waals surface area contributed by atoms with Crippen LogP contribution in [0.2, 0.25) is 0 Å². The van der Waals surface area contributed by atoms with Crippen molar-refractivity contribution in [2.75, 3.05) is 13.1 Å². The van der Waals surface area contributed by atoms with E-state index in [1.807, 2.05) is 51.1 Å². The lowest BCUT2D eigenvalue weighted by Gasteiger charge is -2.27. The van der Waals surface area contributed by atoms with E-state index >= 15 is 0 Å². The molecule has 1 saturated heterocycles. The number of benzene rings is 1. The third kappa shape index (κ3) is 5.96. The SMILES string of the molecule is CC(C)(C)NC(=O)CCN1CCC[C@H]1C[C@@H](O)c1ccccc1. The lowest BCUT2D eigenvalue weighted by atomic mass is 10.0. The van der Waals surface area contributed by atoms with Gasteiger partial charge in [0.2, 0.25) is 5.91 Å². The molecule has 2 atom stereocenters. The van der Waals surface area contributed by atoms with Crippen LogP contribution < -0.4 is 5.32 Å². The predicted octanol–water partition coefficient (Wildman–Crippen LogP) is 2.88. The Bertz CT molecular complexity index is 496. The Kier molecular flexibility index (Phi) is 6.19. The first kappa shape index (κ1) is 18.0. The van der Waals surface area contributed by atoms with Gasteiger partial charge in [0.15, 0.2) is 0 Å². The van der Waals surface area contributed by atoms with Crippen LogP contribution in [0.15, 0.2) is 30.3 Å². The van der Waals surface area contributed by atoms with Gasteiger partial charge in [-0.1, -0.05) is 30.3 Å². The van der Waals surface area contributed by atoms with E-state index in [4.69, 9.17) is 0 Å². The Morgan fingerprint density at radius 3 is 2.70 bits per heavy atom. The van der Waals surface area contributed by atoms with Crippen LogP contribution in [-0.4, -0.2) is 40.6 Å². The molecule has 128 valence electrons. The number of carbonyl (C=O) groups is 1. The molecule has 4 heteroatoms. The zero-order valence-corrected chi connectivity index (χ0v) is 14.6. The zero-order valence-electron chi connectivity index (χ0n) is 14.6. The first-order valence-corrected chi connectivity index (χ1v) is 8.63. The highest BCUT2D eigenvalue weighted by molar-refractivity contribution is 5.76. The highest BCUT2D eigenvalue weighted by Gasteiger charge is 2.27. The fraction of sp³-hybridized carbons (Fsp3) is 0.632. The fourth-order valence-corrected chi connectivity index (χ4v) is 3.25. The van der Waals surface area contributed by atoms with Gasteiger partial charge in [0, 0.05) is 24.5 Å². The molecular formula is C19H30N2O2. The number of hydrogen-bond donors (Lipinski definition) is 2. The van der Waals surface area contributed by atoms with Gasteiger partial charge in [0.25, 0.3) is 0 Å². The zero-order chi connectivity index (χ0) is 16.9. The van der Waals surface area contributed by atoms with Crippen LogP contribution in [0.1, 0.15) is 58.1 Å². The fourth-order valence-electron chi connectivity index (χ4n) is 3.25. The second kappa shape index (κ2) is 7.93. The summed E-state index contributed by atoms with van der Waals surface area (Å²) >= 11 is 0. The summed E-state index contributed by atoms with van der Waals surface area (Å²) in [6.07, 6.45) is 3.09. The van der Waals surface area contributed by atoms with E-state index in [2.05, 4.69) is 10.2 Å². The first-order valence-electron chi connectivity index (χ1n) is 8.63. The molecule has 0 aromatic heterocycles. The molecule has 1 aromatic rings. The Morgan fingerprint density at radius 1 is 1.35 bits per heavy atom. The molecule has 1 amide bonds. The number of nitrogens with one attached hydrogen (secondary N) is 1. The second-order valence-corrected chi connectivity index (χ2v) is 7.54. The molecule has 0 saturated carbocycles. The smallest absolute Gasteiger partial charge is 0.221 e. The molecular weight excluding hydrogens is 288 g/mol. The third-order valence-corrected chi connectivity index (χ3v) is 4.32. The highest BCUT2D eigenvalue weighted by atomic mass is 16.3. The summed E-state index contributed by atoms with van der Waals surface area (Å²) in [7, 11) is 0. The molecule has 23 heavy (non-hydrogen) atoms. The Balaban J connectivity index is 1.82. The molecule has 1 fully saturated rings. The van der Waals surface area contributed by atoms with Crippen molar-refractivity contribution in [1.82, 2.24) is 10.2 Å². The van der Waals surface area contributed by atoms with Crippen LogP contribution in [0.25, 0.3) is 0 Å². The van der Waals surface area contributed by atoms with Gasteiger partial charge in [-0.3, -0.25) is 9.69 Å². The van der Waals surface area contributed by atoms with Crippen molar-refractivity contribution in [2.24, 2.45) is 0 Å². The lowest BCUT2D eigenvalue weighted by molar-refractivity contribution is -0.122. The topological polar surface area (TPSA) is 52.6 Å². The van der Waals surface area contributed by atoms with E-state index < -0.39 is 6.10 Å². The Hall–Kier alpha value is -1.39. The van der Waals surface area contributed by atoms with Crippen molar-refractivity contribution in [2.45, 2.75) is 64.1 Å². The number of carbonyl (C=O) groups excluding carboxylic acids is 1. The van der Waals surface area contributed by atoms with Crippen LogP contribution >= 0.6 is 0 Å². The van der Waals surface area contributed by atoms with Crippen molar-refractivity contribution in [3.05, 3.63) is 35.9 Å². The molecule has 0 aliphatic carbocycles. The molecule has 0 radical (unpaired) electrons. The van der Waals surface area contributed by atoms with Gasteiger partial charge in [0.05, 0.1) is 6.10 Å². The minimum atomic E-state index is -0.426. The Labute approximate surface area is 139 Å². The predicted molar refractivity (Wildman–Crippen MR) is 93.1 cm³/mol. The van der Waals surface area contributed by atoms with E-state index in [9.17, 15) is 9.90 Å². The summed E-state index contributed by atoms with van der Waals surface area (Å²) < 4.78 is 0. The summed E-state index contributed by atoms with van der Waals surface area (Å²) in [4.78, 5) is 14.3. The molecule has 0 unspecified atom stereocenters. The number of nitrogens with zero attached hydrogens (tertiary/aromatic N) is 1. The van der Waals surface area contributed by atoms with Crippen molar-refractivity contribution in [3.63, 3.8) is 0 Å². The number of rotatable bonds is 6. The monoisotopic (exact) mass is 318 g/mol. The summed E-state index contributed by atoms with van der Waals surface area (Å²) in [6.45, 7) is 7.79. The van der Waals surface area contributed by atoms with Crippen molar-refractivity contribution >= 4 is 5.91 Å². The molecule has 1 aromatic carbocycles. The molecule has 0 bridgehead atoms. The van der Waals surface area contributed by atoms with Crippen molar-refractivity contribution < 1.29 is 9.90 Å². The quantitative estimate of drug-likeness (QED) is 0.848. The summed E-state index contributed by atoms with van der Waals surface area (Å²) in [6, 6.07) is 10.2. The minimum Gasteiger partial charge on any atom is -0.388 e. The van der Waals surface area contributed by atoms with Crippen LogP contribution in [-0.2, 0) is 4.79 Å². The normalized spacial score (nSPS) is 20.4. The van der Waals surface area contributed by atoms with Crippen LogP contribution in [0, 0.1) is 0 Å². The number of aliphatic hydroxyl groups excluding tert-OH is 1. The highest BCUT2D eigenvalue weighted by Crippen LogP contribution is 2.27. The molecule has 1 aliphatic rings. The van der Waals surface area contributed by atoms with Crippen LogP contribution in [0.5, 0.6) is 0 Å². The summed E-state index contributed by atoms with van der Waals surface area (Å²) in [5.41, 5.74) is 0.801. The van der Waals surface area contributed by atoms with E-state index in [1.54, 1.807) is 0 Å². The lowest BCUT2D eigenvalue weighted by Crippen LogP contribution is -2.42. The van der Waals surface area contributed by atoms with Crippen LogP contribution in [0.4, 0.5) is 0 Å². The largest absolute Gasteiger partial charge is 0.388 e. The second-order valence-electron chi connectivity index (χ2n) is 7.54. The van der Waals surface area contributed by atoms with E-state index in [0.717, 1.165) is 37.9 Å². The summed E-state index contributed by atoms with van der Waals surface area (Å²) in [5.74, 6) is 0.103. The van der Waals surface area contributed by atoms with Crippen LogP contribution in [0.3, 0.4) is 0 Å². The van der Waals surface area contributed by atoms with Crippen molar-refractivity contribution in [1.29, 1.82) is 0 Å². The molecule has 2 rings (SSSR count). The van der Waals surface area contributed by atoms with Gasteiger partial charge >= 0.3 is 0 Å². The van der Waals surface area contributed by atoms with Gasteiger partial charge < -0.3 is 10.4 Å². The van der Waals surface area contributed by atoms with Gasteiger partial charge in [-0.05, 0) is 52.1 Å². The number of likely N-dealkylation sites (tertiary alicyclic amines) is 1. The maximum absolute atomic E-state index is 12.0. The van der Waals surface area contributed by atoms with Crippen molar-refractivity contribution in [3.8, 4) is 0 Å².